The third-order valence-electron chi connectivity index (χ3n) is 2.48. The summed E-state index contributed by atoms with van der Waals surface area (Å²) in [6, 6.07) is -0.427. The minimum absolute atomic E-state index is 0.0906. The van der Waals surface area contributed by atoms with Gasteiger partial charge in [-0.05, 0) is 20.8 Å². The van der Waals surface area contributed by atoms with Gasteiger partial charge in [-0.1, -0.05) is 0 Å². The van der Waals surface area contributed by atoms with Gasteiger partial charge in [0.2, 0.25) is 0 Å². The Hall–Kier alpha value is -0.850. The Bertz CT molecular complexity index is 265. The van der Waals surface area contributed by atoms with Crippen molar-refractivity contribution < 1.29 is 19.4 Å². The maximum Gasteiger partial charge on any atom is 0.410 e. The fourth-order valence-electron chi connectivity index (χ4n) is 1.65. The Morgan fingerprint density at radius 2 is 2.29 bits per heavy atom. The van der Waals surface area contributed by atoms with Gasteiger partial charge in [0.1, 0.15) is 5.60 Å². The van der Waals surface area contributed by atoms with Crippen molar-refractivity contribution in [2.45, 2.75) is 38.5 Å². The third-order valence-corrected chi connectivity index (χ3v) is 2.48. The van der Waals surface area contributed by atoms with Gasteiger partial charge in [-0.2, -0.15) is 0 Å². The molecule has 6 nitrogen and oxygen atoms in total. The summed E-state index contributed by atoms with van der Waals surface area (Å²) in [7, 11) is 0. The molecule has 1 fully saturated rings. The third kappa shape index (κ3) is 4.14. The summed E-state index contributed by atoms with van der Waals surface area (Å²) in [5, 5.41) is 9.75. The summed E-state index contributed by atoms with van der Waals surface area (Å²) in [6.07, 6.45) is -1.22. The Morgan fingerprint density at radius 1 is 1.65 bits per heavy atom. The molecule has 1 heterocycles. The van der Waals surface area contributed by atoms with Gasteiger partial charge in [0, 0.05) is 13.1 Å². The number of rotatable bonds is 2. The van der Waals surface area contributed by atoms with Crippen LogP contribution in [0, 0.1) is 0 Å². The highest BCUT2D eigenvalue weighted by atomic mass is 16.6. The van der Waals surface area contributed by atoms with Gasteiger partial charge in [0.05, 0.1) is 25.4 Å². The van der Waals surface area contributed by atoms with E-state index in [1.54, 1.807) is 20.8 Å². The van der Waals surface area contributed by atoms with Crippen LogP contribution in [0.4, 0.5) is 4.79 Å². The number of hydrogen-bond donors (Lipinski definition) is 2. The average Bonchev–Trinajstić information content (AvgIpc) is 2.25. The molecule has 1 aliphatic rings. The van der Waals surface area contributed by atoms with E-state index in [2.05, 4.69) is 0 Å². The average molecular weight is 246 g/mol. The molecule has 1 rings (SSSR count). The van der Waals surface area contributed by atoms with Crippen molar-refractivity contribution in [2.24, 2.45) is 5.73 Å². The molecule has 0 aromatic carbocycles. The van der Waals surface area contributed by atoms with Crippen LogP contribution in [0.2, 0.25) is 0 Å². The van der Waals surface area contributed by atoms with Gasteiger partial charge in [0.15, 0.2) is 0 Å². The molecule has 0 saturated carbocycles. The first-order valence-corrected chi connectivity index (χ1v) is 5.80. The lowest BCUT2D eigenvalue weighted by Crippen LogP contribution is -2.56. The molecular weight excluding hydrogens is 224 g/mol. The molecule has 2 atom stereocenters. The molecule has 0 aromatic heterocycles. The molecule has 3 N–H and O–H groups in total. The van der Waals surface area contributed by atoms with Crippen molar-refractivity contribution in [2.75, 3.05) is 26.3 Å². The Labute approximate surface area is 102 Å². The van der Waals surface area contributed by atoms with E-state index < -0.39 is 23.8 Å². The van der Waals surface area contributed by atoms with Gasteiger partial charge in [-0.3, -0.25) is 4.90 Å². The van der Waals surface area contributed by atoms with E-state index in [9.17, 15) is 9.90 Å². The van der Waals surface area contributed by atoms with Gasteiger partial charge >= 0.3 is 6.09 Å². The van der Waals surface area contributed by atoms with Crippen LogP contribution < -0.4 is 5.73 Å². The summed E-state index contributed by atoms with van der Waals surface area (Å²) < 4.78 is 10.5. The van der Waals surface area contributed by atoms with Gasteiger partial charge in [0.25, 0.3) is 0 Å². The standard InChI is InChI=1S/C11H22N2O4/c1-11(2,3)17-10(15)13-4-5-16-7-8(13)9(14)6-12/h8-9,14H,4-7,12H2,1-3H3/t8?,9-/m1/s1. The largest absolute Gasteiger partial charge is 0.444 e. The zero-order chi connectivity index (χ0) is 13.1. The van der Waals surface area contributed by atoms with Gasteiger partial charge in [-0.25, -0.2) is 4.79 Å². The molecule has 0 spiro atoms. The normalized spacial score (nSPS) is 23.4. The lowest BCUT2D eigenvalue weighted by atomic mass is 10.1. The molecular formula is C11H22N2O4. The molecule has 17 heavy (non-hydrogen) atoms. The SMILES string of the molecule is CC(C)(C)OC(=O)N1CCOCC1[C@H](O)CN. The Morgan fingerprint density at radius 3 is 2.82 bits per heavy atom. The van der Waals surface area contributed by atoms with Crippen LogP contribution in [0.3, 0.4) is 0 Å². The summed E-state index contributed by atoms with van der Waals surface area (Å²) >= 11 is 0. The van der Waals surface area contributed by atoms with Gasteiger partial charge in [-0.15, -0.1) is 0 Å². The number of nitrogens with two attached hydrogens (primary N) is 1. The van der Waals surface area contributed by atoms with Crippen LogP contribution in [0.25, 0.3) is 0 Å². The summed E-state index contributed by atoms with van der Waals surface area (Å²) in [6.45, 7) is 6.66. The highest BCUT2D eigenvalue weighted by Gasteiger charge is 2.34. The summed E-state index contributed by atoms with van der Waals surface area (Å²) in [4.78, 5) is 13.4. The van der Waals surface area contributed by atoms with Crippen molar-refractivity contribution in [1.82, 2.24) is 4.90 Å². The maximum atomic E-state index is 11.9. The fourth-order valence-corrected chi connectivity index (χ4v) is 1.65. The van der Waals surface area contributed by atoms with E-state index in [1.807, 2.05) is 0 Å². The molecule has 1 unspecified atom stereocenters. The van der Waals surface area contributed by atoms with E-state index in [4.69, 9.17) is 15.2 Å². The number of ether oxygens (including phenoxy) is 2. The Balaban J connectivity index is 2.67. The molecule has 6 heteroatoms. The minimum atomic E-state index is -0.789. The quantitative estimate of drug-likeness (QED) is 0.713. The number of hydrogen-bond acceptors (Lipinski definition) is 5. The van der Waals surface area contributed by atoms with Gasteiger partial charge < -0.3 is 20.3 Å². The molecule has 1 aliphatic heterocycles. The molecule has 0 bridgehead atoms. The maximum absolute atomic E-state index is 11.9. The first-order valence-electron chi connectivity index (χ1n) is 5.80. The van der Waals surface area contributed by atoms with Crippen molar-refractivity contribution in [1.29, 1.82) is 0 Å². The Kier molecular flexibility index (Phi) is 4.73. The highest BCUT2D eigenvalue weighted by molar-refractivity contribution is 5.68. The van der Waals surface area contributed by atoms with E-state index >= 15 is 0 Å². The number of morpholine rings is 1. The first kappa shape index (κ1) is 14.2. The first-order chi connectivity index (χ1) is 7.85. The second-order valence-electron chi connectivity index (χ2n) is 5.12. The second-order valence-corrected chi connectivity index (χ2v) is 5.12. The molecule has 0 aromatic rings. The predicted molar refractivity (Wildman–Crippen MR) is 62.6 cm³/mol. The minimum Gasteiger partial charge on any atom is -0.444 e. The molecule has 0 aliphatic carbocycles. The van der Waals surface area contributed by atoms with Crippen LogP contribution in [0.15, 0.2) is 0 Å². The van der Waals surface area contributed by atoms with Crippen molar-refractivity contribution in [3.8, 4) is 0 Å². The van der Waals surface area contributed by atoms with Crippen LogP contribution in [0.5, 0.6) is 0 Å². The number of aliphatic hydroxyl groups excluding tert-OH is 1. The van der Waals surface area contributed by atoms with E-state index in [0.717, 1.165) is 0 Å². The van der Waals surface area contributed by atoms with E-state index in [1.165, 1.54) is 4.90 Å². The summed E-state index contributed by atoms with van der Waals surface area (Å²) in [5.41, 5.74) is 4.86. The van der Waals surface area contributed by atoms with E-state index in [-0.39, 0.29) is 13.2 Å². The summed E-state index contributed by atoms with van der Waals surface area (Å²) in [5.74, 6) is 0. The van der Waals surface area contributed by atoms with Crippen LogP contribution in [-0.2, 0) is 9.47 Å². The topological polar surface area (TPSA) is 85.0 Å². The number of carbonyl (C=O) groups excluding carboxylic acids is 1. The second kappa shape index (κ2) is 5.66. The molecule has 100 valence electrons. The number of nitrogens with zero attached hydrogens (tertiary/aromatic N) is 1. The van der Waals surface area contributed by atoms with Crippen molar-refractivity contribution >= 4 is 6.09 Å². The predicted octanol–water partition coefficient (Wildman–Crippen LogP) is -0.0581. The van der Waals surface area contributed by atoms with E-state index in [0.29, 0.717) is 13.2 Å². The number of aliphatic hydroxyl groups is 1. The molecule has 0 radical (unpaired) electrons. The number of carbonyl (C=O) groups is 1. The monoisotopic (exact) mass is 246 g/mol. The van der Waals surface area contributed by atoms with Crippen LogP contribution >= 0.6 is 0 Å². The zero-order valence-electron chi connectivity index (χ0n) is 10.7. The lowest BCUT2D eigenvalue weighted by molar-refractivity contribution is -0.0641. The van der Waals surface area contributed by atoms with Crippen molar-refractivity contribution in [3.63, 3.8) is 0 Å². The fraction of sp³-hybridized carbons (Fsp3) is 0.909. The highest BCUT2D eigenvalue weighted by Crippen LogP contribution is 2.16. The lowest BCUT2D eigenvalue weighted by Gasteiger charge is -2.38. The smallest absolute Gasteiger partial charge is 0.410 e. The van der Waals surface area contributed by atoms with Crippen LogP contribution in [0.1, 0.15) is 20.8 Å². The van der Waals surface area contributed by atoms with Crippen LogP contribution in [-0.4, -0.2) is 60.1 Å². The molecule has 1 saturated heterocycles. The zero-order valence-corrected chi connectivity index (χ0v) is 10.7. The number of amides is 1. The molecule has 1 amide bonds. The van der Waals surface area contributed by atoms with Crippen molar-refractivity contribution in [3.05, 3.63) is 0 Å².